The molecule has 2 atom stereocenters. The number of ether oxygens (including phenoxy) is 2. The minimum atomic E-state index is -0.298. The van der Waals surface area contributed by atoms with Gasteiger partial charge in [0.1, 0.15) is 0 Å². The molecular weight excluding hydrogens is 298 g/mol. The summed E-state index contributed by atoms with van der Waals surface area (Å²) >= 11 is 3.52. The van der Waals surface area contributed by atoms with Gasteiger partial charge in [-0.3, -0.25) is 4.68 Å². The standard InChI is InChI=1S/C12H20BrN3O2/c1-12(4-3-6-18-12)11(14)10-9(13)8-15-16(10)5-7-17-2/h8,11H,3-7,14H2,1-2H3. The number of nitrogens with zero attached hydrogens (tertiary/aromatic N) is 2. The molecule has 102 valence electrons. The highest BCUT2D eigenvalue weighted by atomic mass is 79.9. The molecule has 0 aliphatic carbocycles. The average Bonchev–Trinajstić information content (AvgIpc) is 2.93. The summed E-state index contributed by atoms with van der Waals surface area (Å²) in [5, 5.41) is 4.33. The van der Waals surface area contributed by atoms with E-state index in [0.29, 0.717) is 13.2 Å². The fourth-order valence-corrected chi connectivity index (χ4v) is 2.92. The Morgan fingerprint density at radius 1 is 1.72 bits per heavy atom. The van der Waals surface area contributed by atoms with E-state index in [1.807, 2.05) is 4.68 Å². The molecule has 2 rings (SSSR count). The van der Waals surface area contributed by atoms with Crippen LogP contribution in [0.3, 0.4) is 0 Å². The van der Waals surface area contributed by atoms with Crippen LogP contribution in [0.5, 0.6) is 0 Å². The van der Waals surface area contributed by atoms with Crippen molar-refractivity contribution in [2.45, 2.75) is 38.0 Å². The maximum Gasteiger partial charge on any atom is 0.0862 e. The quantitative estimate of drug-likeness (QED) is 0.900. The van der Waals surface area contributed by atoms with Crippen LogP contribution in [0.4, 0.5) is 0 Å². The van der Waals surface area contributed by atoms with Gasteiger partial charge in [0, 0.05) is 13.7 Å². The van der Waals surface area contributed by atoms with Crippen LogP contribution in [0, 0.1) is 0 Å². The minimum absolute atomic E-state index is 0.186. The Kier molecular flexibility index (Phi) is 4.42. The van der Waals surface area contributed by atoms with E-state index in [4.69, 9.17) is 15.2 Å². The summed E-state index contributed by atoms with van der Waals surface area (Å²) < 4.78 is 13.7. The van der Waals surface area contributed by atoms with E-state index in [1.54, 1.807) is 13.3 Å². The second-order valence-electron chi connectivity index (χ2n) is 4.84. The summed E-state index contributed by atoms with van der Waals surface area (Å²) in [6.07, 6.45) is 3.83. The van der Waals surface area contributed by atoms with E-state index in [-0.39, 0.29) is 11.6 Å². The zero-order chi connectivity index (χ0) is 13.2. The van der Waals surface area contributed by atoms with Crippen LogP contribution in [0.2, 0.25) is 0 Å². The molecule has 1 aromatic rings. The SMILES string of the molecule is COCCn1ncc(Br)c1C(N)C1(C)CCCO1. The number of hydrogen-bond acceptors (Lipinski definition) is 4. The molecule has 2 heterocycles. The van der Waals surface area contributed by atoms with Gasteiger partial charge in [-0.15, -0.1) is 0 Å². The number of aromatic nitrogens is 2. The number of nitrogens with two attached hydrogens (primary N) is 1. The first kappa shape index (κ1) is 14.0. The van der Waals surface area contributed by atoms with E-state index in [2.05, 4.69) is 28.0 Å². The van der Waals surface area contributed by atoms with Gasteiger partial charge >= 0.3 is 0 Å². The van der Waals surface area contributed by atoms with Crippen molar-refractivity contribution in [3.8, 4) is 0 Å². The lowest BCUT2D eigenvalue weighted by Crippen LogP contribution is -2.39. The predicted molar refractivity (Wildman–Crippen MR) is 72.3 cm³/mol. The number of halogens is 1. The van der Waals surface area contributed by atoms with Gasteiger partial charge in [0.05, 0.1) is 41.2 Å². The molecule has 2 unspecified atom stereocenters. The molecule has 0 spiro atoms. The summed E-state index contributed by atoms with van der Waals surface area (Å²) in [5.41, 5.74) is 7.08. The van der Waals surface area contributed by atoms with Gasteiger partial charge in [-0.1, -0.05) is 0 Å². The molecule has 0 radical (unpaired) electrons. The molecule has 1 saturated heterocycles. The maximum absolute atomic E-state index is 6.40. The Hall–Kier alpha value is -0.430. The third kappa shape index (κ3) is 2.61. The number of hydrogen-bond donors (Lipinski definition) is 1. The van der Waals surface area contributed by atoms with Gasteiger partial charge in [0.2, 0.25) is 0 Å². The van der Waals surface area contributed by atoms with Crippen LogP contribution in [0.1, 0.15) is 31.5 Å². The van der Waals surface area contributed by atoms with Crippen molar-refractivity contribution < 1.29 is 9.47 Å². The fourth-order valence-electron chi connectivity index (χ4n) is 2.37. The third-order valence-corrected chi connectivity index (χ3v) is 4.15. The lowest BCUT2D eigenvalue weighted by molar-refractivity contribution is -0.00431. The molecule has 1 fully saturated rings. The predicted octanol–water partition coefficient (Wildman–Crippen LogP) is 1.86. The van der Waals surface area contributed by atoms with Crippen molar-refractivity contribution in [1.82, 2.24) is 9.78 Å². The monoisotopic (exact) mass is 317 g/mol. The first-order chi connectivity index (χ1) is 8.58. The molecule has 1 aliphatic heterocycles. The third-order valence-electron chi connectivity index (χ3n) is 3.54. The first-order valence-electron chi connectivity index (χ1n) is 6.18. The molecule has 0 bridgehead atoms. The highest BCUT2D eigenvalue weighted by Crippen LogP contribution is 2.38. The van der Waals surface area contributed by atoms with Gasteiger partial charge in [0.15, 0.2) is 0 Å². The molecule has 0 aromatic carbocycles. The Labute approximate surface area is 116 Å². The minimum Gasteiger partial charge on any atom is -0.383 e. The topological polar surface area (TPSA) is 62.3 Å². The summed E-state index contributed by atoms with van der Waals surface area (Å²) in [7, 11) is 1.68. The largest absolute Gasteiger partial charge is 0.383 e. The van der Waals surface area contributed by atoms with Crippen LogP contribution in [-0.2, 0) is 16.0 Å². The average molecular weight is 318 g/mol. The van der Waals surface area contributed by atoms with Crippen molar-refractivity contribution in [3.63, 3.8) is 0 Å². The molecule has 0 amide bonds. The van der Waals surface area contributed by atoms with Gasteiger partial charge in [-0.05, 0) is 35.7 Å². The summed E-state index contributed by atoms with van der Waals surface area (Å²) in [6, 6.07) is -0.186. The second-order valence-corrected chi connectivity index (χ2v) is 5.69. The van der Waals surface area contributed by atoms with E-state index in [1.165, 1.54) is 0 Å². The molecule has 18 heavy (non-hydrogen) atoms. The molecule has 2 N–H and O–H groups in total. The van der Waals surface area contributed by atoms with Crippen LogP contribution in [0.25, 0.3) is 0 Å². The summed E-state index contributed by atoms with van der Waals surface area (Å²) in [4.78, 5) is 0. The van der Waals surface area contributed by atoms with E-state index in [9.17, 15) is 0 Å². The Bertz CT molecular complexity index is 402. The zero-order valence-corrected chi connectivity index (χ0v) is 12.4. The van der Waals surface area contributed by atoms with Crippen LogP contribution in [-0.4, -0.2) is 35.7 Å². The van der Waals surface area contributed by atoms with Gasteiger partial charge < -0.3 is 15.2 Å². The highest BCUT2D eigenvalue weighted by Gasteiger charge is 2.39. The molecule has 1 aromatic heterocycles. The van der Waals surface area contributed by atoms with E-state index in [0.717, 1.165) is 29.6 Å². The smallest absolute Gasteiger partial charge is 0.0862 e. The maximum atomic E-state index is 6.40. The molecule has 5 nitrogen and oxygen atoms in total. The highest BCUT2D eigenvalue weighted by molar-refractivity contribution is 9.10. The summed E-state index contributed by atoms with van der Waals surface area (Å²) in [6.45, 7) is 4.17. The van der Waals surface area contributed by atoms with Crippen molar-refractivity contribution in [2.24, 2.45) is 5.73 Å². The number of methoxy groups -OCH3 is 1. The van der Waals surface area contributed by atoms with Crippen molar-refractivity contribution in [3.05, 3.63) is 16.4 Å². The second kappa shape index (κ2) is 5.69. The normalized spacial score (nSPS) is 25.6. The number of rotatable bonds is 5. The van der Waals surface area contributed by atoms with Crippen LogP contribution < -0.4 is 5.73 Å². The molecular formula is C12H20BrN3O2. The van der Waals surface area contributed by atoms with Gasteiger partial charge in [-0.2, -0.15) is 5.10 Å². The van der Waals surface area contributed by atoms with E-state index < -0.39 is 0 Å². The van der Waals surface area contributed by atoms with Gasteiger partial charge in [0.25, 0.3) is 0 Å². The van der Waals surface area contributed by atoms with Crippen LogP contribution >= 0.6 is 15.9 Å². The molecule has 6 heteroatoms. The Balaban J connectivity index is 2.23. The fraction of sp³-hybridized carbons (Fsp3) is 0.750. The lowest BCUT2D eigenvalue weighted by Gasteiger charge is -2.31. The lowest BCUT2D eigenvalue weighted by atomic mass is 9.91. The Morgan fingerprint density at radius 2 is 2.50 bits per heavy atom. The Morgan fingerprint density at radius 3 is 3.11 bits per heavy atom. The molecule has 1 aliphatic rings. The summed E-state index contributed by atoms with van der Waals surface area (Å²) in [5.74, 6) is 0. The van der Waals surface area contributed by atoms with Crippen molar-refractivity contribution in [2.75, 3.05) is 20.3 Å². The van der Waals surface area contributed by atoms with Crippen molar-refractivity contribution >= 4 is 15.9 Å². The van der Waals surface area contributed by atoms with Crippen LogP contribution in [0.15, 0.2) is 10.7 Å². The van der Waals surface area contributed by atoms with E-state index >= 15 is 0 Å². The first-order valence-corrected chi connectivity index (χ1v) is 6.97. The van der Waals surface area contributed by atoms with Gasteiger partial charge in [-0.25, -0.2) is 0 Å². The zero-order valence-electron chi connectivity index (χ0n) is 10.9. The van der Waals surface area contributed by atoms with Crippen molar-refractivity contribution in [1.29, 1.82) is 0 Å². The molecule has 0 saturated carbocycles.